The molecule has 1 aromatic heterocycles. The minimum Gasteiger partial charge on any atom is -0.349 e. The second-order valence-electron chi connectivity index (χ2n) is 7.14. The van der Waals surface area contributed by atoms with Gasteiger partial charge in [-0.15, -0.1) is 5.10 Å². The summed E-state index contributed by atoms with van der Waals surface area (Å²) in [5.41, 5.74) is 2.37. The van der Waals surface area contributed by atoms with Crippen LogP contribution < -0.4 is 5.32 Å². The van der Waals surface area contributed by atoms with Crippen molar-refractivity contribution in [2.45, 2.75) is 38.0 Å². The van der Waals surface area contributed by atoms with Gasteiger partial charge in [-0.05, 0) is 63.0 Å². The molecule has 2 aromatic rings. The maximum atomic E-state index is 12.7. The number of aromatic nitrogens is 3. The number of nitrogens with zero attached hydrogens (tertiary/aromatic N) is 4. The van der Waals surface area contributed by atoms with Crippen LogP contribution in [0.2, 0.25) is 0 Å². The van der Waals surface area contributed by atoms with E-state index in [4.69, 9.17) is 0 Å². The van der Waals surface area contributed by atoms with Crippen LogP contribution in [0.3, 0.4) is 0 Å². The van der Waals surface area contributed by atoms with Gasteiger partial charge in [0.1, 0.15) is 0 Å². The monoisotopic (exact) mass is 417 g/mol. The van der Waals surface area contributed by atoms with Crippen LogP contribution in [0.25, 0.3) is 5.69 Å². The van der Waals surface area contributed by atoms with Gasteiger partial charge in [-0.2, -0.15) is 0 Å². The first-order valence-corrected chi connectivity index (χ1v) is 10.2. The van der Waals surface area contributed by atoms with Crippen LogP contribution in [-0.2, 0) is 0 Å². The molecule has 138 valence electrons. The first-order chi connectivity index (χ1) is 12.7. The second-order valence-corrected chi connectivity index (χ2v) is 8.06. The lowest BCUT2D eigenvalue weighted by Crippen LogP contribution is -2.38. The summed E-state index contributed by atoms with van der Waals surface area (Å²) in [5, 5.41) is 11.5. The zero-order valence-electron chi connectivity index (χ0n) is 14.8. The number of likely N-dealkylation sites (tertiary alicyclic amines) is 1. The lowest BCUT2D eigenvalue weighted by atomic mass is 10.1. The van der Waals surface area contributed by atoms with E-state index < -0.39 is 0 Å². The molecule has 7 heteroatoms. The maximum absolute atomic E-state index is 12.7. The van der Waals surface area contributed by atoms with Gasteiger partial charge >= 0.3 is 0 Å². The topological polar surface area (TPSA) is 63.1 Å². The fraction of sp³-hybridized carbons (Fsp3) is 0.526. The van der Waals surface area contributed by atoms with Gasteiger partial charge in [0.25, 0.3) is 5.91 Å². The predicted octanol–water partition coefficient (Wildman–Crippen LogP) is 3.12. The highest BCUT2D eigenvalue weighted by Gasteiger charge is 2.34. The Balaban J connectivity index is 1.45. The molecule has 1 aliphatic heterocycles. The molecule has 6 nitrogen and oxygen atoms in total. The van der Waals surface area contributed by atoms with E-state index in [9.17, 15) is 4.79 Å². The molecule has 2 aliphatic rings. The molecule has 0 radical (unpaired) electrons. The van der Waals surface area contributed by atoms with Gasteiger partial charge in [0.2, 0.25) is 0 Å². The highest BCUT2D eigenvalue weighted by molar-refractivity contribution is 9.10. The summed E-state index contributed by atoms with van der Waals surface area (Å²) in [7, 11) is 0. The number of carbonyl (C=O) groups is 1. The molecule has 1 N–H and O–H groups in total. The largest absolute Gasteiger partial charge is 0.349 e. The van der Waals surface area contributed by atoms with E-state index in [1.54, 1.807) is 0 Å². The van der Waals surface area contributed by atoms with Gasteiger partial charge < -0.3 is 10.2 Å². The standard InChI is InChI=1S/C19H24BrN5O/c20-15-6-8-16(9-7-15)25-18(14-4-5-14)17(22-23-25)19(26)21-10-13-24-11-2-1-3-12-24/h6-9,14H,1-5,10-13H2,(H,21,26). The molecule has 0 unspecified atom stereocenters. The lowest BCUT2D eigenvalue weighted by molar-refractivity contribution is 0.0940. The Hall–Kier alpha value is -1.73. The number of hydrogen-bond donors (Lipinski definition) is 1. The number of piperidine rings is 1. The van der Waals surface area contributed by atoms with E-state index in [0.717, 1.165) is 48.3 Å². The molecule has 0 bridgehead atoms. The molecular formula is C19H24BrN5O. The third-order valence-corrected chi connectivity index (χ3v) is 5.65. The van der Waals surface area contributed by atoms with E-state index >= 15 is 0 Å². The SMILES string of the molecule is O=C(NCCN1CCCCC1)c1nnn(-c2ccc(Br)cc2)c1C1CC1. The molecule has 0 spiro atoms. The Kier molecular flexibility index (Phi) is 5.36. The van der Waals surface area contributed by atoms with Crippen LogP contribution in [0.15, 0.2) is 28.7 Å². The van der Waals surface area contributed by atoms with Gasteiger partial charge in [0, 0.05) is 23.5 Å². The van der Waals surface area contributed by atoms with Crippen molar-refractivity contribution < 1.29 is 4.79 Å². The number of benzene rings is 1. The van der Waals surface area contributed by atoms with Gasteiger partial charge in [-0.1, -0.05) is 27.6 Å². The van der Waals surface area contributed by atoms with Crippen LogP contribution in [-0.4, -0.2) is 52.0 Å². The third kappa shape index (κ3) is 3.99. The summed E-state index contributed by atoms with van der Waals surface area (Å²) in [6, 6.07) is 7.93. The molecule has 1 aliphatic carbocycles. The van der Waals surface area contributed by atoms with Gasteiger partial charge in [0.15, 0.2) is 5.69 Å². The minimum absolute atomic E-state index is 0.104. The first-order valence-electron chi connectivity index (χ1n) is 9.44. The molecule has 2 heterocycles. The predicted molar refractivity (Wildman–Crippen MR) is 104 cm³/mol. The highest BCUT2D eigenvalue weighted by Crippen LogP contribution is 2.42. The summed E-state index contributed by atoms with van der Waals surface area (Å²) in [6.07, 6.45) is 6.05. The van der Waals surface area contributed by atoms with E-state index in [1.807, 2.05) is 28.9 Å². The Bertz CT molecular complexity index is 763. The van der Waals surface area contributed by atoms with Crippen molar-refractivity contribution >= 4 is 21.8 Å². The van der Waals surface area contributed by atoms with Crippen LogP contribution in [0, 0.1) is 0 Å². The summed E-state index contributed by atoms with van der Waals surface area (Å²) >= 11 is 3.45. The number of rotatable bonds is 6. The molecular weight excluding hydrogens is 394 g/mol. The van der Waals surface area contributed by atoms with Gasteiger partial charge in [0.05, 0.1) is 11.4 Å². The minimum atomic E-state index is -0.104. The van der Waals surface area contributed by atoms with Crippen molar-refractivity contribution in [1.29, 1.82) is 0 Å². The first kappa shape index (κ1) is 17.7. The van der Waals surface area contributed by atoms with Crippen LogP contribution >= 0.6 is 15.9 Å². The van der Waals surface area contributed by atoms with Crippen LogP contribution in [0.5, 0.6) is 0 Å². The molecule has 1 saturated carbocycles. The molecule has 1 amide bonds. The fourth-order valence-electron chi connectivity index (χ4n) is 3.54. The zero-order valence-corrected chi connectivity index (χ0v) is 16.4. The normalized spacial score (nSPS) is 18.0. The molecule has 0 atom stereocenters. The van der Waals surface area contributed by atoms with Crippen LogP contribution in [0.1, 0.15) is 54.2 Å². The zero-order chi connectivity index (χ0) is 17.9. The maximum Gasteiger partial charge on any atom is 0.273 e. The fourth-order valence-corrected chi connectivity index (χ4v) is 3.81. The quantitative estimate of drug-likeness (QED) is 0.783. The van der Waals surface area contributed by atoms with Crippen molar-refractivity contribution in [3.63, 3.8) is 0 Å². The molecule has 4 rings (SSSR count). The Morgan fingerprint density at radius 3 is 2.58 bits per heavy atom. The lowest BCUT2D eigenvalue weighted by Gasteiger charge is -2.26. The van der Waals surface area contributed by atoms with Crippen LogP contribution in [0.4, 0.5) is 0 Å². The Morgan fingerprint density at radius 1 is 1.15 bits per heavy atom. The molecule has 1 aromatic carbocycles. The number of hydrogen-bond acceptors (Lipinski definition) is 4. The smallest absolute Gasteiger partial charge is 0.273 e. The molecule has 2 fully saturated rings. The van der Waals surface area contributed by atoms with E-state index in [1.165, 1.54) is 19.3 Å². The summed E-state index contributed by atoms with van der Waals surface area (Å²) in [5.74, 6) is 0.281. The molecule has 1 saturated heterocycles. The summed E-state index contributed by atoms with van der Waals surface area (Å²) in [4.78, 5) is 15.1. The van der Waals surface area contributed by atoms with Crippen molar-refractivity contribution in [3.8, 4) is 5.69 Å². The van der Waals surface area contributed by atoms with Crippen molar-refractivity contribution in [1.82, 2.24) is 25.2 Å². The Morgan fingerprint density at radius 2 is 1.88 bits per heavy atom. The second kappa shape index (κ2) is 7.88. The average molecular weight is 418 g/mol. The third-order valence-electron chi connectivity index (χ3n) is 5.12. The van der Waals surface area contributed by atoms with Gasteiger partial charge in [-0.3, -0.25) is 4.79 Å². The van der Waals surface area contributed by atoms with Crippen molar-refractivity contribution in [2.75, 3.05) is 26.2 Å². The number of amides is 1. The number of carbonyl (C=O) groups excluding carboxylic acids is 1. The molecule has 26 heavy (non-hydrogen) atoms. The number of nitrogens with one attached hydrogen (secondary N) is 1. The van der Waals surface area contributed by atoms with E-state index in [0.29, 0.717) is 18.2 Å². The van der Waals surface area contributed by atoms with Crippen molar-refractivity contribution in [3.05, 3.63) is 40.1 Å². The highest BCUT2D eigenvalue weighted by atomic mass is 79.9. The Labute approximate surface area is 162 Å². The van der Waals surface area contributed by atoms with Crippen molar-refractivity contribution in [2.24, 2.45) is 0 Å². The summed E-state index contributed by atoms with van der Waals surface area (Å²) in [6.45, 7) is 3.85. The summed E-state index contributed by atoms with van der Waals surface area (Å²) < 4.78 is 2.84. The number of halogens is 1. The average Bonchev–Trinajstić information content (AvgIpc) is 3.41. The van der Waals surface area contributed by atoms with E-state index in [-0.39, 0.29) is 5.91 Å². The van der Waals surface area contributed by atoms with Gasteiger partial charge in [-0.25, -0.2) is 4.68 Å². The van der Waals surface area contributed by atoms with E-state index in [2.05, 4.69) is 36.5 Å².